The van der Waals surface area contributed by atoms with Crippen molar-refractivity contribution in [3.63, 3.8) is 0 Å². The molecule has 0 amide bonds. The number of nitrogens with zero attached hydrogens (tertiary/aromatic N) is 1. The topological polar surface area (TPSA) is 63.3 Å². The van der Waals surface area contributed by atoms with Crippen molar-refractivity contribution >= 4 is 5.97 Å². The first-order valence-corrected chi connectivity index (χ1v) is 7.79. The number of hydrogen-bond donors (Lipinski definition) is 1. The van der Waals surface area contributed by atoms with Gasteiger partial charge in [-0.15, -0.1) is 0 Å². The predicted octanol–water partition coefficient (Wildman–Crippen LogP) is 3.52. The fourth-order valence-corrected chi connectivity index (χ4v) is 5.60. The van der Waals surface area contributed by atoms with E-state index in [0.29, 0.717) is 11.2 Å². The average Bonchev–Trinajstić information content (AvgIpc) is 2.83. The Kier molecular flexibility index (Phi) is 2.69. The summed E-state index contributed by atoms with van der Waals surface area (Å²) in [6.07, 6.45) is 11.5. The summed E-state index contributed by atoms with van der Waals surface area (Å²) in [5, 5.41) is 9.09. The van der Waals surface area contributed by atoms with Crippen molar-refractivity contribution < 1.29 is 14.3 Å². The monoisotopic (exact) mass is 275 g/mol. The molecule has 1 N–H and O–H groups in total. The standard InChI is InChI=1S/C16H21NO3/c18-15(19)14-13(20-9-17-14)1-2-16-6-10-3-11(7-16)5-12(4-10)8-16/h9-12H,1-8H2,(H,18,19). The van der Waals surface area contributed by atoms with Crippen LogP contribution >= 0.6 is 0 Å². The zero-order valence-electron chi connectivity index (χ0n) is 11.7. The summed E-state index contributed by atoms with van der Waals surface area (Å²) >= 11 is 0. The summed E-state index contributed by atoms with van der Waals surface area (Å²) in [6.45, 7) is 0. The zero-order valence-corrected chi connectivity index (χ0v) is 11.7. The molecule has 0 spiro atoms. The number of oxazole rings is 1. The Balaban J connectivity index is 1.49. The molecule has 1 aromatic heterocycles. The highest BCUT2D eigenvalue weighted by Crippen LogP contribution is 2.61. The second-order valence-corrected chi connectivity index (χ2v) is 7.35. The van der Waals surface area contributed by atoms with E-state index >= 15 is 0 Å². The van der Waals surface area contributed by atoms with Gasteiger partial charge >= 0.3 is 5.97 Å². The van der Waals surface area contributed by atoms with Gasteiger partial charge in [0.05, 0.1) is 0 Å². The molecule has 4 aliphatic carbocycles. The molecule has 0 radical (unpaired) electrons. The van der Waals surface area contributed by atoms with Crippen LogP contribution in [-0.4, -0.2) is 16.1 Å². The van der Waals surface area contributed by atoms with Gasteiger partial charge in [0.2, 0.25) is 0 Å². The summed E-state index contributed by atoms with van der Waals surface area (Å²) in [6, 6.07) is 0. The van der Waals surface area contributed by atoms with Gasteiger partial charge in [-0.2, -0.15) is 0 Å². The quantitative estimate of drug-likeness (QED) is 0.913. The predicted molar refractivity (Wildman–Crippen MR) is 72.4 cm³/mol. The van der Waals surface area contributed by atoms with Crippen LogP contribution in [0.4, 0.5) is 0 Å². The van der Waals surface area contributed by atoms with Gasteiger partial charge in [0.15, 0.2) is 12.1 Å². The molecule has 1 heterocycles. The Morgan fingerprint density at radius 3 is 2.40 bits per heavy atom. The average molecular weight is 275 g/mol. The summed E-state index contributed by atoms with van der Waals surface area (Å²) in [4.78, 5) is 14.9. The van der Waals surface area contributed by atoms with Crippen LogP contribution in [0.1, 0.15) is 61.2 Å². The van der Waals surface area contributed by atoms with E-state index in [9.17, 15) is 4.79 Å². The van der Waals surface area contributed by atoms with Crippen LogP contribution in [0.15, 0.2) is 10.8 Å². The molecule has 0 atom stereocenters. The van der Waals surface area contributed by atoms with E-state index in [1.54, 1.807) is 0 Å². The lowest BCUT2D eigenvalue weighted by Crippen LogP contribution is -2.46. The molecule has 108 valence electrons. The number of carbonyl (C=O) groups is 1. The van der Waals surface area contributed by atoms with Crippen LogP contribution in [-0.2, 0) is 6.42 Å². The maximum atomic E-state index is 11.1. The smallest absolute Gasteiger partial charge is 0.358 e. The molecule has 0 aliphatic heterocycles. The first-order valence-electron chi connectivity index (χ1n) is 7.79. The number of rotatable bonds is 4. The van der Waals surface area contributed by atoms with E-state index in [2.05, 4.69) is 4.98 Å². The Bertz CT molecular complexity index is 498. The molecule has 4 fully saturated rings. The third-order valence-corrected chi connectivity index (χ3v) is 5.89. The highest BCUT2D eigenvalue weighted by Gasteiger charge is 2.50. The molecule has 4 nitrogen and oxygen atoms in total. The minimum Gasteiger partial charge on any atom is -0.476 e. The van der Waals surface area contributed by atoms with Gasteiger partial charge in [0.1, 0.15) is 5.76 Å². The minimum atomic E-state index is -0.973. The Morgan fingerprint density at radius 1 is 1.25 bits per heavy atom. The van der Waals surface area contributed by atoms with Crippen molar-refractivity contribution in [1.29, 1.82) is 0 Å². The van der Waals surface area contributed by atoms with Crippen molar-refractivity contribution in [3.8, 4) is 0 Å². The lowest BCUT2D eigenvalue weighted by atomic mass is 9.48. The van der Waals surface area contributed by atoms with Gasteiger partial charge in [0.25, 0.3) is 0 Å². The molecule has 5 rings (SSSR count). The largest absolute Gasteiger partial charge is 0.476 e. The summed E-state index contributed by atoms with van der Waals surface area (Å²) in [7, 11) is 0. The molecule has 4 heteroatoms. The van der Waals surface area contributed by atoms with Gasteiger partial charge in [-0.25, -0.2) is 9.78 Å². The number of aryl methyl sites for hydroxylation is 1. The fraction of sp³-hybridized carbons (Fsp3) is 0.750. The molecule has 4 bridgehead atoms. The summed E-state index contributed by atoms with van der Waals surface area (Å²) in [5.41, 5.74) is 0.576. The van der Waals surface area contributed by atoms with Gasteiger partial charge < -0.3 is 9.52 Å². The van der Waals surface area contributed by atoms with Crippen LogP contribution in [0.2, 0.25) is 0 Å². The highest BCUT2D eigenvalue weighted by atomic mass is 16.4. The lowest BCUT2D eigenvalue weighted by Gasteiger charge is -2.57. The second kappa shape index (κ2) is 4.34. The number of aromatic nitrogens is 1. The van der Waals surface area contributed by atoms with Gasteiger partial charge in [0, 0.05) is 6.42 Å². The first kappa shape index (κ1) is 12.4. The molecule has 1 aromatic rings. The molecule has 4 aliphatic rings. The maximum absolute atomic E-state index is 11.1. The summed E-state index contributed by atoms with van der Waals surface area (Å²) < 4.78 is 5.30. The van der Waals surface area contributed by atoms with Crippen molar-refractivity contribution in [3.05, 3.63) is 17.8 Å². The summed E-state index contributed by atoms with van der Waals surface area (Å²) in [5.74, 6) is 2.41. The van der Waals surface area contributed by atoms with Crippen LogP contribution in [0.3, 0.4) is 0 Å². The van der Waals surface area contributed by atoms with Crippen molar-refractivity contribution in [1.82, 2.24) is 4.98 Å². The van der Waals surface area contributed by atoms with Crippen molar-refractivity contribution in [2.75, 3.05) is 0 Å². The van der Waals surface area contributed by atoms with E-state index in [1.807, 2.05) is 0 Å². The fourth-order valence-electron chi connectivity index (χ4n) is 5.60. The molecule has 4 saturated carbocycles. The zero-order chi connectivity index (χ0) is 13.7. The first-order chi connectivity index (χ1) is 9.63. The van der Waals surface area contributed by atoms with E-state index in [4.69, 9.17) is 9.52 Å². The number of carboxylic acids is 1. The Morgan fingerprint density at radius 2 is 1.85 bits per heavy atom. The molecule has 0 unspecified atom stereocenters. The second-order valence-electron chi connectivity index (χ2n) is 7.35. The van der Waals surface area contributed by atoms with Gasteiger partial charge in [-0.3, -0.25) is 0 Å². The number of carboxylic acid groups (broad SMARTS) is 1. The molecule has 0 saturated heterocycles. The van der Waals surface area contributed by atoms with Gasteiger partial charge in [-0.1, -0.05) is 0 Å². The van der Waals surface area contributed by atoms with Crippen LogP contribution in [0.5, 0.6) is 0 Å². The number of aromatic carboxylic acids is 1. The Labute approximate surface area is 118 Å². The van der Waals surface area contributed by atoms with Crippen molar-refractivity contribution in [2.45, 2.75) is 51.4 Å². The normalized spacial score (nSPS) is 38.3. The van der Waals surface area contributed by atoms with Crippen molar-refractivity contribution in [2.24, 2.45) is 23.2 Å². The minimum absolute atomic E-state index is 0.106. The lowest BCUT2D eigenvalue weighted by molar-refractivity contribution is -0.0575. The Hall–Kier alpha value is -1.32. The molecule has 0 aromatic carbocycles. The van der Waals surface area contributed by atoms with E-state index in [-0.39, 0.29) is 5.69 Å². The molecular formula is C16H21NO3. The third kappa shape index (κ3) is 1.97. The number of hydrogen-bond acceptors (Lipinski definition) is 3. The SMILES string of the molecule is O=C(O)c1ncoc1CCC12CC3CC(CC(C3)C1)C2. The van der Waals surface area contributed by atoms with Crippen LogP contribution < -0.4 is 0 Å². The van der Waals surface area contributed by atoms with Gasteiger partial charge in [-0.05, 0) is 68.1 Å². The third-order valence-electron chi connectivity index (χ3n) is 5.89. The molecule has 20 heavy (non-hydrogen) atoms. The van der Waals surface area contributed by atoms with E-state index < -0.39 is 5.97 Å². The van der Waals surface area contributed by atoms with Crippen LogP contribution in [0.25, 0.3) is 0 Å². The maximum Gasteiger partial charge on any atom is 0.358 e. The van der Waals surface area contributed by atoms with Crippen LogP contribution in [0, 0.1) is 23.2 Å². The molecular weight excluding hydrogens is 254 g/mol. The highest BCUT2D eigenvalue weighted by molar-refractivity contribution is 5.86. The van der Waals surface area contributed by atoms with E-state index in [1.165, 1.54) is 44.9 Å². The van der Waals surface area contributed by atoms with E-state index in [0.717, 1.165) is 30.6 Å².